The summed E-state index contributed by atoms with van der Waals surface area (Å²) in [7, 11) is 0. The molecule has 3 rings (SSSR count). The van der Waals surface area contributed by atoms with Crippen LogP contribution in [0.4, 0.5) is 5.82 Å². The maximum absolute atomic E-state index is 5.84. The van der Waals surface area contributed by atoms with Gasteiger partial charge in [-0.25, -0.2) is 4.98 Å². The molecule has 88 valence electrons. The average Bonchev–Trinajstić information content (AvgIpc) is 2.44. The number of hydrogen-bond donors (Lipinski definition) is 1. The van der Waals surface area contributed by atoms with Crippen molar-refractivity contribution in [3.8, 4) is 11.1 Å². The SMILES string of the molecule is Nc1ncc2ccc(-c3cccnc3)cc2c1I. The lowest BCUT2D eigenvalue weighted by atomic mass is 10.0. The first kappa shape index (κ1) is 11.4. The third kappa shape index (κ3) is 1.92. The van der Waals surface area contributed by atoms with Crippen LogP contribution in [0.25, 0.3) is 21.9 Å². The van der Waals surface area contributed by atoms with Crippen molar-refractivity contribution in [2.75, 3.05) is 5.73 Å². The number of hydrogen-bond acceptors (Lipinski definition) is 3. The zero-order valence-corrected chi connectivity index (χ0v) is 11.6. The van der Waals surface area contributed by atoms with Crippen molar-refractivity contribution < 1.29 is 0 Å². The first-order chi connectivity index (χ1) is 8.75. The van der Waals surface area contributed by atoms with Crippen LogP contribution in [0.5, 0.6) is 0 Å². The molecule has 0 bridgehead atoms. The van der Waals surface area contributed by atoms with E-state index in [4.69, 9.17) is 5.73 Å². The highest BCUT2D eigenvalue weighted by Gasteiger charge is 2.05. The summed E-state index contributed by atoms with van der Waals surface area (Å²) in [5.41, 5.74) is 8.08. The molecule has 0 aliphatic rings. The van der Waals surface area contributed by atoms with Gasteiger partial charge in [-0.1, -0.05) is 18.2 Å². The molecule has 0 atom stereocenters. The second-order valence-electron chi connectivity index (χ2n) is 4.00. The van der Waals surface area contributed by atoms with Crippen LogP contribution >= 0.6 is 22.6 Å². The van der Waals surface area contributed by atoms with Gasteiger partial charge in [0.15, 0.2) is 0 Å². The summed E-state index contributed by atoms with van der Waals surface area (Å²) in [4.78, 5) is 8.31. The van der Waals surface area contributed by atoms with Crippen LogP contribution in [0.3, 0.4) is 0 Å². The average molecular weight is 347 g/mol. The number of halogens is 1. The van der Waals surface area contributed by atoms with E-state index in [-0.39, 0.29) is 0 Å². The highest BCUT2D eigenvalue weighted by Crippen LogP contribution is 2.28. The standard InChI is InChI=1S/C14H10IN3/c15-13-12-6-9(10-2-1-5-17-7-10)3-4-11(12)8-18-14(13)16/h1-8H,(H2,16,18). The van der Waals surface area contributed by atoms with Crippen LogP contribution in [0.1, 0.15) is 0 Å². The molecule has 1 aromatic carbocycles. The van der Waals surface area contributed by atoms with Gasteiger partial charge in [-0.15, -0.1) is 0 Å². The van der Waals surface area contributed by atoms with Crippen LogP contribution in [0.15, 0.2) is 48.9 Å². The van der Waals surface area contributed by atoms with Gasteiger partial charge in [0.2, 0.25) is 0 Å². The minimum atomic E-state index is 0.575. The van der Waals surface area contributed by atoms with Crippen molar-refractivity contribution in [1.82, 2.24) is 9.97 Å². The quantitative estimate of drug-likeness (QED) is 0.686. The van der Waals surface area contributed by atoms with Crippen LogP contribution in [0, 0.1) is 3.57 Å². The van der Waals surface area contributed by atoms with E-state index in [2.05, 4.69) is 50.8 Å². The van der Waals surface area contributed by atoms with E-state index in [1.165, 1.54) is 0 Å². The van der Waals surface area contributed by atoms with E-state index in [9.17, 15) is 0 Å². The summed E-state index contributed by atoms with van der Waals surface area (Å²) < 4.78 is 0.996. The van der Waals surface area contributed by atoms with Crippen LogP contribution in [0.2, 0.25) is 0 Å². The predicted octanol–water partition coefficient (Wildman–Crippen LogP) is 3.48. The topological polar surface area (TPSA) is 51.8 Å². The third-order valence-corrected chi connectivity index (χ3v) is 3.99. The lowest BCUT2D eigenvalue weighted by Gasteiger charge is -2.06. The molecule has 0 fully saturated rings. The van der Waals surface area contributed by atoms with Crippen molar-refractivity contribution in [1.29, 1.82) is 0 Å². The maximum Gasteiger partial charge on any atom is 0.137 e. The summed E-state index contributed by atoms with van der Waals surface area (Å²) >= 11 is 2.24. The number of pyridine rings is 2. The van der Waals surface area contributed by atoms with E-state index in [0.29, 0.717) is 5.82 Å². The zero-order chi connectivity index (χ0) is 12.5. The minimum absolute atomic E-state index is 0.575. The number of fused-ring (bicyclic) bond motifs is 1. The van der Waals surface area contributed by atoms with Gasteiger partial charge < -0.3 is 5.73 Å². The lowest BCUT2D eigenvalue weighted by Crippen LogP contribution is -1.94. The molecular weight excluding hydrogens is 337 g/mol. The first-order valence-corrected chi connectivity index (χ1v) is 6.58. The molecule has 0 aliphatic carbocycles. The van der Waals surface area contributed by atoms with E-state index in [1.54, 1.807) is 12.4 Å². The Morgan fingerprint density at radius 2 is 1.94 bits per heavy atom. The number of anilines is 1. The molecule has 0 amide bonds. The molecule has 4 heteroatoms. The van der Waals surface area contributed by atoms with Gasteiger partial charge in [-0.05, 0) is 40.3 Å². The van der Waals surface area contributed by atoms with E-state index < -0.39 is 0 Å². The molecule has 3 aromatic rings. The number of aromatic nitrogens is 2. The van der Waals surface area contributed by atoms with Crippen molar-refractivity contribution >= 4 is 39.2 Å². The third-order valence-electron chi connectivity index (χ3n) is 2.85. The van der Waals surface area contributed by atoms with Crippen LogP contribution in [-0.4, -0.2) is 9.97 Å². The summed E-state index contributed by atoms with van der Waals surface area (Å²) in [6.45, 7) is 0. The van der Waals surface area contributed by atoms with Gasteiger partial charge in [0.1, 0.15) is 5.82 Å². The zero-order valence-electron chi connectivity index (χ0n) is 9.47. The van der Waals surface area contributed by atoms with Crippen molar-refractivity contribution in [3.05, 3.63) is 52.5 Å². The molecule has 0 aliphatic heterocycles. The van der Waals surface area contributed by atoms with Crippen molar-refractivity contribution in [3.63, 3.8) is 0 Å². The Morgan fingerprint density at radius 3 is 2.72 bits per heavy atom. The predicted molar refractivity (Wildman–Crippen MR) is 82.1 cm³/mol. The number of nitrogen functional groups attached to an aromatic ring is 1. The molecule has 2 aromatic heterocycles. The number of benzene rings is 1. The molecule has 2 N–H and O–H groups in total. The summed E-state index contributed by atoms with van der Waals surface area (Å²) in [5.74, 6) is 0.575. The highest BCUT2D eigenvalue weighted by atomic mass is 127. The molecule has 3 nitrogen and oxygen atoms in total. The minimum Gasteiger partial charge on any atom is -0.383 e. The second kappa shape index (κ2) is 4.53. The molecule has 18 heavy (non-hydrogen) atoms. The Hall–Kier alpha value is -1.69. The van der Waals surface area contributed by atoms with E-state index in [0.717, 1.165) is 25.5 Å². The monoisotopic (exact) mass is 347 g/mol. The van der Waals surface area contributed by atoms with Crippen LogP contribution in [-0.2, 0) is 0 Å². The summed E-state index contributed by atoms with van der Waals surface area (Å²) in [5, 5.41) is 2.23. The van der Waals surface area contributed by atoms with Gasteiger partial charge >= 0.3 is 0 Å². The molecule has 0 saturated heterocycles. The van der Waals surface area contributed by atoms with E-state index in [1.807, 2.05) is 18.3 Å². The lowest BCUT2D eigenvalue weighted by molar-refractivity contribution is 1.33. The Labute approximate surface area is 118 Å². The van der Waals surface area contributed by atoms with Gasteiger partial charge in [0.05, 0.1) is 3.57 Å². The fourth-order valence-electron chi connectivity index (χ4n) is 1.91. The normalized spacial score (nSPS) is 10.7. The summed E-state index contributed by atoms with van der Waals surface area (Å²) in [6.07, 6.45) is 5.44. The van der Waals surface area contributed by atoms with Gasteiger partial charge in [-0.2, -0.15) is 0 Å². The Bertz CT molecular complexity index is 711. The number of rotatable bonds is 1. The van der Waals surface area contributed by atoms with Crippen molar-refractivity contribution in [2.45, 2.75) is 0 Å². The van der Waals surface area contributed by atoms with Gasteiger partial charge in [0.25, 0.3) is 0 Å². The highest BCUT2D eigenvalue weighted by molar-refractivity contribution is 14.1. The van der Waals surface area contributed by atoms with Gasteiger partial charge in [0, 0.05) is 34.9 Å². The van der Waals surface area contributed by atoms with E-state index >= 15 is 0 Å². The second-order valence-corrected chi connectivity index (χ2v) is 5.08. The first-order valence-electron chi connectivity index (χ1n) is 5.50. The molecule has 0 spiro atoms. The Kier molecular flexibility index (Phi) is 2.87. The molecule has 0 saturated carbocycles. The fraction of sp³-hybridized carbons (Fsp3) is 0. The van der Waals surface area contributed by atoms with Gasteiger partial charge in [-0.3, -0.25) is 4.98 Å². The maximum atomic E-state index is 5.84. The fourth-order valence-corrected chi connectivity index (χ4v) is 2.51. The van der Waals surface area contributed by atoms with Crippen LogP contribution < -0.4 is 5.73 Å². The molecule has 0 unspecified atom stereocenters. The molecule has 2 heterocycles. The number of nitrogens with two attached hydrogens (primary N) is 1. The largest absolute Gasteiger partial charge is 0.383 e. The molecule has 0 radical (unpaired) electrons. The number of nitrogens with zero attached hydrogens (tertiary/aromatic N) is 2. The smallest absolute Gasteiger partial charge is 0.137 e. The summed E-state index contributed by atoms with van der Waals surface area (Å²) in [6, 6.07) is 10.3. The Morgan fingerprint density at radius 1 is 1.06 bits per heavy atom. The Balaban J connectivity index is 2.25. The van der Waals surface area contributed by atoms with Crippen molar-refractivity contribution in [2.24, 2.45) is 0 Å². The molecular formula is C14H10IN3.